The van der Waals surface area contributed by atoms with Gasteiger partial charge in [0.25, 0.3) is 0 Å². The van der Waals surface area contributed by atoms with Crippen molar-refractivity contribution in [3.8, 4) is 0 Å². The maximum atomic E-state index is 4.68. The first kappa shape index (κ1) is 13.3. The van der Waals surface area contributed by atoms with E-state index in [1.807, 2.05) is 6.07 Å². The summed E-state index contributed by atoms with van der Waals surface area (Å²) in [7, 11) is 0. The molecule has 3 nitrogen and oxygen atoms in total. The van der Waals surface area contributed by atoms with Crippen LogP contribution in [0, 0.1) is 0 Å². The Hall–Kier alpha value is -1.13. The molecule has 0 bridgehead atoms. The molecule has 0 saturated heterocycles. The maximum absolute atomic E-state index is 4.68. The first-order valence-electron chi connectivity index (χ1n) is 6.20. The molecule has 18 heavy (non-hydrogen) atoms. The molecule has 1 heterocycles. The average Bonchev–Trinajstić information content (AvgIpc) is 2.68. The Morgan fingerprint density at radius 3 is 2.94 bits per heavy atom. The zero-order valence-corrected chi connectivity index (χ0v) is 12.2. The number of imidazole rings is 1. The third-order valence-electron chi connectivity index (χ3n) is 2.78. The topological polar surface area (TPSA) is 29.9 Å². The molecule has 1 aromatic heterocycles. The normalized spacial score (nSPS) is 11.0. The molecule has 0 aliphatic carbocycles. The van der Waals surface area contributed by atoms with Crippen LogP contribution < -0.4 is 5.32 Å². The van der Waals surface area contributed by atoms with Gasteiger partial charge < -0.3 is 9.88 Å². The molecule has 4 heteroatoms. The predicted molar refractivity (Wildman–Crippen MR) is 79.8 cm³/mol. The summed E-state index contributed by atoms with van der Waals surface area (Å²) < 4.78 is 3.25. The van der Waals surface area contributed by atoms with Gasteiger partial charge in [0.15, 0.2) is 0 Å². The van der Waals surface area contributed by atoms with E-state index in [0.29, 0.717) is 0 Å². The number of hydrogen-bond donors (Lipinski definition) is 1. The lowest BCUT2D eigenvalue weighted by Gasteiger charge is -2.08. The van der Waals surface area contributed by atoms with Crippen LogP contribution in [0.4, 0.5) is 0 Å². The highest BCUT2D eigenvalue weighted by molar-refractivity contribution is 9.11. The molecule has 0 unspecified atom stereocenters. The van der Waals surface area contributed by atoms with Crippen LogP contribution in [0.25, 0.3) is 11.0 Å². The second-order valence-corrected chi connectivity index (χ2v) is 5.41. The van der Waals surface area contributed by atoms with E-state index in [4.69, 9.17) is 0 Å². The summed E-state index contributed by atoms with van der Waals surface area (Å²) in [5.41, 5.74) is 2.29. The minimum atomic E-state index is 0.759. The summed E-state index contributed by atoms with van der Waals surface area (Å²) in [4.78, 5) is 4.68. The fourth-order valence-electron chi connectivity index (χ4n) is 2.04. The van der Waals surface area contributed by atoms with Gasteiger partial charge in [-0.3, -0.25) is 0 Å². The van der Waals surface area contributed by atoms with Crippen LogP contribution in [0.5, 0.6) is 0 Å². The van der Waals surface area contributed by atoms with Gasteiger partial charge in [0.2, 0.25) is 0 Å². The SMILES string of the molecule is C=C(Br)CNCc1nc2ccccc2n1CCC. The minimum Gasteiger partial charge on any atom is -0.327 e. The third kappa shape index (κ3) is 3.00. The molecule has 0 saturated carbocycles. The van der Waals surface area contributed by atoms with Crippen LogP contribution in [0.2, 0.25) is 0 Å². The lowest BCUT2D eigenvalue weighted by Crippen LogP contribution is -2.18. The van der Waals surface area contributed by atoms with Crippen LogP contribution >= 0.6 is 15.9 Å². The monoisotopic (exact) mass is 307 g/mol. The van der Waals surface area contributed by atoms with Crippen LogP contribution in [0.3, 0.4) is 0 Å². The lowest BCUT2D eigenvalue weighted by molar-refractivity contribution is 0.617. The van der Waals surface area contributed by atoms with Crippen molar-refractivity contribution in [2.45, 2.75) is 26.4 Å². The second kappa shape index (κ2) is 6.16. The van der Waals surface area contributed by atoms with E-state index in [0.717, 1.165) is 41.9 Å². The molecule has 0 amide bonds. The number of halogens is 1. The Kier molecular flexibility index (Phi) is 4.55. The standard InChI is InChI=1S/C14H18BrN3/c1-3-8-18-13-7-5-4-6-12(13)17-14(18)10-16-9-11(2)15/h4-7,16H,2-3,8-10H2,1H3. The van der Waals surface area contributed by atoms with Crippen molar-refractivity contribution >= 4 is 27.0 Å². The number of rotatable bonds is 6. The summed E-state index contributed by atoms with van der Waals surface area (Å²) in [5.74, 6) is 1.09. The first-order valence-corrected chi connectivity index (χ1v) is 6.99. The van der Waals surface area contributed by atoms with E-state index in [9.17, 15) is 0 Å². The van der Waals surface area contributed by atoms with Crippen molar-refractivity contribution in [1.29, 1.82) is 0 Å². The molecular weight excluding hydrogens is 290 g/mol. The van der Waals surface area contributed by atoms with Crippen molar-refractivity contribution in [2.24, 2.45) is 0 Å². The van der Waals surface area contributed by atoms with Gasteiger partial charge in [0.1, 0.15) is 5.82 Å². The number of aryl methyl sites for hydroxylation is 1. The summed E-state index contributed by atoms with van der Waals surface area (Å²) >= 11 is 3.35. The Balaban J connectivity index is 2.24. The van der Waals surface area contributed by atoms with Gasteiger partial charge in [-0.15, -0.1) is 0 Å². The highest BCUT2D eigenvalue weighted by Gasteiger charge is 2.08. The first-order chi connectivity index (χ1) is 8.72. The van der Waals surface area contributed by atoms with Crippen molar-refractivity contribution < 1.29 is 0 Å². The second-order valence-electron chi connectivity index (χ2n) is 4.29. The molecule has 0 spiro atoms. The molecule has 0 atom stereocenters. The number of benzene rings is 1. The number of nitrogens with one attached hydrogen (secondary N) is 1. The van der Waals surface area contributed by atoms with Gasteiger partial charge in [-0.1, -0.05) is 41.6 Å². The van der Waals surface area contributed by atoms with Gasteiger partial charge >= 0.3 is 0 Å². The van der Waals surface area contributed by atoms with Gasteiger partial charge in [0, 0.05) is 17.6 Å². The summed E-state index contributed by atoms with van der Waals surface area (Å²) in [5, 5.41) is 3.33. The smallest absolute Gasteiger partial charge is 0.123 e. The van der Waals surface area contributed by atoms with E-state index >= 15 is 0 Å². The number of para-hydroxylation sites is 2. The number of aromatic nitrogens is 2. The van der Waals surface area contributed by atoms with E-state index < -0.39 is 0 Å². The highest BCUT2D eigenvalue weighted by atomic mass is 79.9. The van der Waals surface area contributed by atoms with Crippen molar-refractivity contribution in [1.82, 2.24) is 14.9 Å². The molecule has 0 aliphatic rings. The zero-order valence-electron chi connectivity index (χ0n) is 10.6. The van der Waals surface area contributed by atoms with E-state index in [1.165, 1.54) is 5.52 Å². The molecular formula is C14H18BrN3. The van der Waals surface area contributed by atoms with Crippen LogP contribution in [-0.2, 0) is 13.1 Å². The van der Waals surface area contributed by atoms with E-state index in [2.05, 4.69) is 62.5 Å². The quantitative estimate of drug-likeness (QED) is 0.886. The van der Waals surface area contributed by atoms with Crippen molar-refractivity contribution in [3.63, 3.8) is 0 Å². The molecule has 96 valence electrons. The van der Waals surface area contributed by atoms with Crippen LogP contribution in [-0.4, -0.2) is 16.1 Å². The fraction of sp³-hybridized carbons (Fsp3) is 0.357. The van der Waals surface area contributed by atoms with E-state index in [-0.39, 0.29) is 0 Å². The molecule has 1 N–H and O–H groups in total. The number of fused-ring (bicyclic) bond motifs is 1. The van der Waals surface area contributed by atoms with Gasteiger partial charge in [0.05, 0.1) is 17.6 Å². The van der Waals surface area contributed by atoms with Crippen LogP contribution in [0.15, 0.2) is 35.3 Å². The zero-order chi connectivity index (χ0) is 13.0. The fourth-order valence-corrected chi connectivity index (χ4v) is 2.24. The summed E-state index contributed by atoms with van der Waals surface area (Å²) in [6, 6.07) is 8.29. The third-order valence-corrected chi connectivity index (χ3v) is 3.06. The molecule has 0 fully saturated rings. The molecule has 2 rings (SSSR count). The molecule has 0 radical (unpaired) electrons. The summed E-state index contributed by atoms with van der Waals surface area (Å²) in [6.45, 7) is 8.53. The molecule has 1 aromatic carbocycles. The summed E-state index contributed by atoms with van der Waals surface area (Å²) in [6.07, 6.45) is 1.11. The Morgan fingerprint density at radius 2 is 2.22 bits per heavy atom. The largest absolute Gasteiger partial charge is 0.327 e. The Labute approximate surface area is 116 Å². The Bertz CT molecular complexity index is 545. The van der Waals surface area contributed by atoms with Crippen molar-refractivity contribution in [2.75, 3.05) is 6.54 Å². The van der Waals surface area contributed by atoms with Gasteiger partial charge in [-0.2, -0.15) is 0 Å². The molecule has 0 aliphatic heterocycles. The van der Waals surface area contributed by atoms with Crippen molar-refractivity contribution in [3.05, 3.63) is 41.2 Å². The Morgan fingerprint density at radius 1 is 1.44 bits per heavy atom. The van der Waals surface area contributed by atoms with Crippen LogP contribution in [0.1, 0.15) is 19.2 Å². The predicted octanol–water partition coefficient (Wildman–Crippen LogP) is 3.44. The maximum Gasteiger partial charge on any atom is 0.123 e. The highest BCUT2D eigenvalue weighted by Crippen LogP contribution is 2.16. The average molecular weight is 308 g/mol. The van der Waals surface area contributed by atoms with Gasteiger partial charge in [-0.05, 0) is 18.6 Å². The van der Waals surface area contributed by atoms with E-state index in [1.54, 1.807) is 0 Å². The lowest BCUT2D eigenvalue weighted by atomic mass is 10.3. The number of nitrogens with zero attached hydrogens (tertiary/aromatic N) is 2. The van der Waals surface area contributed by atoms with Gasteiger partial charge in [-0.25, -0.2) is 4.98 Å². The molecule has 2 aromatic rings. The number of hydrogen-bond acceptors (Lipinski definition) is 2. The minimum absolute atomic E-state index is 0.759.